The average molecular weight is 338 g/mol. The second kappa shape index (κ2) is 7.17. The molecule has 0 spiro atoms. The third kappa shape index (κ3) is 3.68. The highest BCUT2D eigenvalue weighted by atomic mass is 16.5. The van der Waals surface area contributed by atoms with Crippen molar-refractivity contribution in [3.8, 4) is 22.9 Å². The van der Waals surface area contributed by atoms with Crippen LogP contribution < -0.4 is 9.47 Å². The number of Topliss-reactive ketones (excluding diaryl/α,β-unsaturated/α-hetero) is 1. The Morgan fingerprint density at radius 3 is 2.52 bits per heavy atom. The summed E-state index contributed by atoms with van der Waals surface area (Å²) >= 11 is 0. The van der Waals surface area contributed by atoms with Crippen LogP contribution in [-0.2, 0) is 6.61 Å². The molecule has 2 aromatic carbocycles. The van der Waals surface area contributed by atoms with E-state index < -0.39 is 0 Å². The number of ketones is 1. The highest BCUT2D eigenvalue weighted by molar-refractivity contribution is 6.01. The lowest BCUT2D eigenvalue weighted by molar-refractivity contribution is 0.101. The molecule has 0 unspecified atom stereocenters. The van der Waals surface area contributed by atoms with E-state index in [0.717, 1.165) is 5.56 Å². The molecule has 6 heteroatoms. The molecule has 25 heavy (non-hydrogen) atoms. The lowest BCUT2D eigenvalue weighted by Gasteiger charge is -2.14. The molecule has 6 nitrogen and oxygen atoms in total. The first kappa shape index (κ1) is 16.7. The summed E-state index contributed by atoms with van der Waals surface area (Å²) in [7, 11) is 1.55. The molecule has 0 radical (unpaired) electrons. The molecule has 0 saturated heterocycles. The van der Waals surface area contributed by atoms with Gasteiger partial charge in [-0.05, 0) is 24.6 Å². The number of ether oxygens (including phenoxy) is 2. The van der Waals surface area contributed by atoms with Gasteiger partial charge in [-0.25, -0.2) is 0 Å². The van der Waals surface area contributed by atoms with Crippen molar-refractivity contribution in [2.75, 3.05) is 7.11 Å². The fraction of sp³-hybridized carbons (Fsp3) is 0.211. The number of hydrogen-bond donors (Lipinski definition) is 0. The number of methoxy groups -OCH3 is 1. The van der Waals surface area contributed by atoms with Crippen molar-refractivity contribution < 1.29 is 18.8 Å². The Morgan fingerprint density at radius 2 is 1.92 bits per heavy atom. The summed E-state index contributed by atoms with van der Waals surface area (Å²) < 4.78 is 16.3. The molecule has 0 N–H and O–H groups in total. The van der Waals surface area contributed by atoms with Crippen LogP contribution in [0.4, 0.5) is 0 Å². The molecule has 0 amide bonds. The number of nitrogens with zero attached hydrogens (tertiary/aromatic N) is 2. The van der Waals surface area contributed by atoms with Crippen molar-refractivity contribution in [1.29, 1.82) is 0 Å². The molecule has 0 fully saturated rings. The lowest BCUT2D eigenvalue weighted by Crippen LogP contribution is -2.03. The minimum Gasteiger partial charge on any atom is -0.493 e. The van der Waals surface area contributed by atoms with Crippen LogP contribution in [0.2, 0.25) is 0 Å². The first-order chi connectivity index (χ1) is 12.1. The van der Waals surface area contributed by atoms with Crippen molar-refractivity contribution in [3.63, 3.8) is 0 Å². The first-order valence-corrected chi connectivity index (χ1v) is 7.79. The second-order valence-electron chi connectivity index (χ2n) is 5.52. The van der Waals surface area contributed by atoms with Crippen LogP contribution in [0.3, 0.4) is 0 Å². The number of aromatic nitrogens is 2. The Morgan fingerprint density at radius 1 is 1.16 bits per heavy atom. The highest BCUT2D eigenvalue weighted by Crippen LogP contribution is 2.35. The maximum absolute atomic E-state index is 12.1. The predicted octanol–water partition coefficient (Wildman–Crippen LogP) is 3.84. The quantitative estimate of drug-likeness (QED) is 0.636. The summed E-state index contributed by atoms with van der Waals surface area (Å²) in [6, 6.07) is 13.1. The second-order valence-corrected chi connectivity index (χ2v) is 5.52. The monoisotopic (exact) mass is 338 g/mol. The minimum atomic E-state index is -0.121. The fourth-order valence-electron chi connectivity index (χ4n) is 2.45. The molecule has 128 valence electrons. The molecular weight excluding hydrogens is 320 g/mol. The Hall–Kier alpha value is -3.15. The van der Waals surface area contributed by atoms with Gasteiger partial charge in [-0.3, -0.25) is 4.79 Å². The van der Waals surface area contributed by atoms with Crippen LogP contribution in [0.15, 0.2) is 47.0 Å². The van der Waals surface area contributed by atoms with Crippen molar-refractivity contribution >= 4 is 5.78 Å². The van der Waals surface area contributed by atoms with E-state index in [9.17, 15) is 4.79 Å². The topological polar surface area (TPSA) is 74.5 Å². The molecule has 0 saturated carbocycles. The van der Waals surface area contributed by atoms with Crippen LogP contribution >= 0.6 is 0 Å². The largest absolute Gasteiger partial charge is 0.493 e. The number of carbonyl (C=O) groups is 1. The van der Waals surface area contributed by atoms with E-state index in [1.807, 2.05) is 30.3 Å². The third-order valence-electron chi connectivity index (χ3n) is 3.69. The zero-order chi connectivity index (χ0) is 17.8. The molecule has 3 rings (SSSR count). The van der Waals surface area contributed by atoms with E-state index in [0.29, 0.717) is 40.9 Å². The summed E-state index contributed by atoms with van der Waals surface area (Å²) in [5.74, 6) is 1.63. The number of rotatable bonds is 6. The average Bonchev–Trinajstić information content (AvgIpc) is 3.06. The molecule has 0 bridgehead atoms. The van der Waals surface area contributed by atoms with Gasteiger partial charge in [-0.1, -0.05) is 35.5 Å². The molecule has 3 aromatic rings. The molecule has 0 aliphatic heterocycles. The number of benzene rings is 2. The number of hydrogen-bond acceptors (Lipinski definition) is 6. The summed E-state index contributed by atoms with van der Waals surface area (Å²) in [4.78, 5) is 16.3. The Balaban J connectivity index is 1.98. The predicted molar refractivity (Wildman–Crippen MR) is 91.8 cm³/mol. The summed E-state index contributed by atoms with van der Waals surface area (Å²) in [5, 5.41) is 3.89. The molecule has 0 atom stereocenters. The van der Waals surface area contributed by atoms with Crippen molar-refractivity contribution in [3.05, 3.63) is 59.5 Å². The molecule has 0 aliphatic carbocycles. The van der Waals surface area contributed by atoms with Gasteiger partial charge in [-0.2, -0.15) is 4.98 Å². The van der Waals surface area contributed by atoms with Gasteiger partial charge in [0.05, 0.1) is 7.11 Å². The molecular formula is C19H18N2O4. The van der Waals surface area contributed by atoms with Crippen LogP contribution in [0.25, 0.3) is 11.4 Å². The number of aryl methyl sites for hydroxylation is 1. The highest BCUT2D eigenvalue weighted by Gasteiger charge is 2.19. The Kier molecular flexibility index (Phi) is 4.79. The SMILES string of the molecule is COc1cc(-c2noc(C)n2)c(C(C)=O)cc1OCc1ccccc1. The van der Waals surface area contributed by atoms with Crippen LogP contribution in [0.1, 0.15) is 28.7 Å². The van der Waals surface area contributed by atoms with Gasteiger partial charge in [0, 0.05) is 18.1 Å². The summed E-state index contributed by atoms with van der Waals surface area (Å²) in [6.07, 6.45) is 0. The van der Waals surface area contributed by atoms with Gasteiger partial charge in [0.1, 0.15) is 6.61 Å². The summed E-state index contributed by atoms with van der Waals surface area (Å²) in [6.45, 7) is 3.55. The zero-order valence-electron chi connectivity index (χ0n) is 14.3. The third-order valence-corrected chi connectivity index (χ3v) is 3.69. The van der Waals surface area contributed by atoms with Crippen LogP contribution in [-0.4, -0.2) is 23.0 Å². The zero-order valence-corrected chi connectivity index (χ0v) is 14.3. The molecule has 1 aromatic heterocycles. The fourth-order valence-corrected chi connectivity index (χ4v) is 2.45. The van der Waals surface area contributed by atoms with E-state index in [2.05, 4.69) is 10.1 Å². The van der Waals surface area contributed by atoms with E-state index in [4.69, 9.17) is 14.0 Å². The van der Waals surface area contributed by atoms with Crippen LogP contribution in [0, 0.1) is 6.92 Å². The first-order valence-electron chi connectivity index (χ1n) is 7.79. The van der Waals surface area contributed by atoms with Crippen LogP contribution in [0.5, 0.6) is 11.5 Å². The van der Waals surface area contributed by atoms with Gasteiger partial charge < -0.3 is 14.0 Å². The standard InChI is InChI=1S/C19H18N2O4/c1-12(22)15-9-18(24-11-14-7-5-4-6-8-14)17(23-3)10-16(15)19-20-13(2)25-21-19/h4-10H,11H2,1-3H3. The number of carbonyl (C=O) groups excluding carboxylic acids is 1. The smallest absolute Gasteiger partial charge is 0.223 e. The van der Waals surface area contributed by atoms with E-state index in [1.165, 1.54) is 6.92 Å². The van der Waals surface area contributed by atoms with Gasteiger partial charge >= 0.3 is 0 Å². The normalized spacial score (nSPS) is 10.5. The summed E-state index contributed by atoms with van der Waals surface area (Å²) in [5.41, 5.74) is 2.02. The van der Waals surface area contributed by atoms with Crippen molar-refractivity contribution in [2.45, 2.75) is 20.5 Å². The van der Waals surface area contributed by atoms with Crippen molar-refractivity contribution in [1.82, 2.24) is 10.1 Å². The minimum absolute atomic E-state index is 0.121. The van der Waals surface area contributed by atoms with Gasteiger partial charge in [-0.15, -0.1) is 0 Å². The molecule has 1 heterocycles. The van der Waals surface area contributed by atoms with Gasteiger partial charge in [0.25, 0.3) is 0 Å². The van der Waals surface area contributed by atoms with E-state index >= 15 is 0 Å². The van der Waals surface area contributed by atoms with E-state index in [-0.39, 0.29) is 5.78 Å². The van der Waals surface area contributed by atoms with Gasteiger partial charge in [0.15, 0.2) is 17.3 Å². The Labute approximate surface area is 145 Å². The lowest BCUT2D eigenvalue weighted by atomic mass is 10.0. The van der Waals surface area contributed by atoms with Crippen molar-refractivity contribution in [2.24, 2.45) is 0 Å². The van der Waals surface area contributed by atoms with Gasteiger partial charge in [0.2, 0.25) is 11.7 Å². The maximum Gasteiger partial charge on any atom is 0.223 e. The van der Waals surface area contributed by atoms with E-state index in [1.54, 1.807) is 26.2 Å². The molecule has 0 aliphatic rings. The Bertz CT molecular complexity index is 888. The maximum atomic E-state index is 12.1.